The summed E-state index contributed by atoms with van der Waals surface area (Å²) in [6.45, 7) is 0. The Balaban J connectivity index is 2.24. The maximum absolute atomic E-state index is 11.2. The average molecular weight is 296 g/mol. The van der Waals surface area contributed by atoms with Crippen LogP contribution in [0, 0.1) is 10.1 Å². The van der Waals surface area contributed by atoms with Crippen LogP contribution in [0.5, 0.6) is 17.2 Å². The molecule has 0 aliphatic heterocycles. The lowest BCUT2D eigenvalue weighted by molar-refractivity contribution is -0.383. The third-order valence-corrected chi connectivity index (χ3v) is 3.17. The Bertz CT molecular complexity index is 834. The topological polar surface area (TPSA) is 74.5 Å². The molecule has 6 heteroatoms. The van der Waals surface area contributed by atoms with Crippen LogP contribution >= 0.6 is 0 Å². The fraction of sp³-hybridized carbons (Fsp3) is 0.0625. The quantitative estimate of drug-likeness (QED) is 0.538. The smallest absolute Gasteiger partial charge is 0.299 e. The van der Waals surface area contributed by atoms with Gasteiger partial charge < -0.3 is 9.47 Å². The number of nitrogens with zero attached hydrogens (tertiary/aromatic N) is 2. The molecular weight excluding hydrogens is 284 g/mol. The molecule has 0 atom stereocenters. The van der Waals surface area contributed by atoms with Crippen molar-refractivity contribution in [2.45, 2.75) is 0 Å². The summed E-state index contributed by atoms with van der Waals surface area (Å²) >= 11 is 0. The van der Waals surface area contributed by atoms with Crippen LogP contribution in [0.2, 0.25) is 0 Å². The van der Waals surface area contributed by atoms with E-state index in [0.29, 0.717) is 16.9 Å². The van der Waals surface area contributed by atoms with Crippen LogP contribution < -0.4 is 9.47 Å². The van der Waals surface area contributed by atoms with Crippen molar-refractivity contribution in [3.8, 4) is 17.2 Å². The van der Waals surface area contributed by atoms with E-state index in [1.165, 1.54) is 19.4 Å². The Morgan fingerprint density at radius 1 is 1.14 bits per heavy atom. The summed E-state index contributed by atoms with van der Waals surface area (Å²) in [5.74, 6) is 1.30. The van der Waals surface area contributed by atoms with Crippen molar-refractivity contribution in [2.75, 3.05) is 7.11 Å². The Morgan fingerprint density at radius 3 is 2.59 bits per heavy atom. The van der Waals surface area contributed by atoms with Crippen LogP contribution in [0.15, 0.2) is 54.7 Å². The summed E-state index contributed by atoms with van der Waals surface area (Å²) in [5.41, 5.74) is 0.145. The molecule has 6 nitrogen and oxygen atoms in total. The zero-order chi connectivity index (χ0) is 15.5. The minimum atomic E-state index is -0.482. The van der Waals surface area contributed by atoms with E-state index >= 15 is 0 Å². The SMILES string of the molecule is COc1cc([N+](=O)[O-])c2ncccc2c1Oc1ccccc1. The van der Waals surface area contributed by atoms with Gasteiger partial charge in [0, 0.05) is 6.20 Å². The number of rotatable bonds is 4. The first-order valence-corrected chi connectivity index (χ1v) is 6.53. The molecule has 0 spiro atoms. The van der Waals surface area contributed by atoms with E-state index < -0.39 is 4.92 Å². The summed E-state index contributed by atoms with van der Waals surface area (Å²) in [4.78, 5) is 14.8. The van der Waals surface area contributed by atoms with Crippen molar-refractivity contribution in [3.63, 3.8) is 0 Å². The van der Waals surface area contributed by atoms with Crippen molar-refractivity contribution >= 4 is 16.6 Å². The van der Waals surface area contributed by atoms with Gasteiger partial charge in [-0.05, 0) is 24.3 Å². The van der Waals surface area contributed by atoms with Gasteiger partial charge in [0.15, 0.2) is 17.0 Å². The van der Waals surface area contributed by atoms with Crippen LogP contribution in [0.3, 0.4) is 0 Å². The number of aromatic nitrogens is 1. The highest BCUT2D eigenvalue weighted by molar-refractivity contribution is 5.94. The summed E-state index contributed by atoms with van der Waals surface area (Å²) in [7, 11) is 1.44. The molecule has 0 fully saturated rings. The van der Waals surface area contributed by atoms with Gasteiger partial charge in [-0.25, -0.2) is 4.98 Å². The Labute approximate surface area is 126 Å². The maximum atomic E-state index is 11.2. The summed E-state index contributed by atoms with van der Waals surface area (Å²) in [5, 5.41) is 11.7. The number of non-ortho nitro benzene ring substituents is 1. The number of fused-ring (bicyclic) bond motifs is 1. The third-order valence-electron chi connectivity index (χ3n) is 3.17. The molecule has 22 heavy (non-hydrogen) atoms. The Kier molecular flexibility index (Phi) is 3.57. The van der Waals surface area contributed by atoms with Gasteiger partial charge in [-0.15, -0.1) is 0 Å². The van der Waals surface area contributed by atoms with Gasteiger partial charge in [-0.1, -0.05) is 18.2 Å². The van der Waals surface area contributed by atoms with Gasteiger partial charge in [0.1, 0.15) is 5.75 Å². The second-order valence-electron chi connectivity index (χ2n) is 4.50. The molecular formula is C16H12N2O4. The lowest BCUT2D eigenvalue weighted by Crippen LogP contribution is -1.97. The average Bonchev–Trinajstić information content (AvgIpc) is 2.55. The van der Waals surface area contributed by atoms with Crippen molar-refractivity contribution in [3.05, 3.63) is 64.8 Å². The first-order chi connectivity index (χ1) is 10.7. The normalized spacial score (nSPS) is 10.4. The molecule has 0 radical (unpaired) electrons. The van der Waals surface area contributed by atoms with E-state index in [1.807, 2.05) is 18.2 Å². The van der Waals surface area contributed by atoms with Gasteiger partial charge >= 0.3 is 0 Å². The first kappa shape index (κ1) is 13.8. The highest BCUT2D eigenvalue weighted by Gasteiger charge is 2.22. The minimum absolute atomic E-state index is 0.118. The number of pyridine rings is 1. The van der Waals surface area contributed by atoms with Crippen LogP contribution in [-0.2, 0) is 0 Å². The number of benzene rings is 2. The second kappa shape index (κ2) is 5.69. The second-order valence-corrected chi connectivity index (χ2v) is 4.50. The van der Waals surface area contributed by atoms with Crippen LogP contribution in [-0.4, -0.2) is 17.0 Å². The molecule has 0 saturated heterocycles. The monoisotopic (exact) mass is 296 g/mol. The number of methoxy groups -OCH3 is 1. The van der Waals surface area contributed by atoms with Crippen LogP contribution in [0.4, 0.5) is 5.69 Å². The number of hydrogen-bond donors (Lipinski definition) is 0. The van der Waals surface area contributed by atoms with Gasteiger partial charge in [0.2, 0.25) is 0 Å². The largest absolute Gasteiger partial charge is 0.493 e. The standard InChI is InChI=1S/C16H12N2O4/c1-21-14-10-13(18(19)20)15-12(8-5-9-17-15)16(14)22-11-6-3-2-4-7-11/h2-10H,1H3. The summed E-state index contributed by atoms with van der Waals surface area (Å²) in [6, 6.07) is 13.9. The van der Waals surface area contributed by atoms with Crippen LogP contribution in [0.1, 0.15) is 0 Å². The first-order valence-electron chi connectivity index (χ1n) is 6.53. The number of nitro groups is 1. The molecule has 0 bridgehead atoms. The molecule has 3 aromatic rings. The fourth-order valence-corrected chi connectivity index (χ4v) is 2.19. The lowest BCUT2D eigenvalue weighted by atomic mass is 10.1. The summed E-state index contributed by atoms with van der Waals surface area (Å²) < 4.78 is 11.1. The van der Waals surface area contributed by atoms with Gasteiger partial charge in [-0.3, -0.25) is 10.1 Å². The molecule has 110 valence electrons. The maximum Gasteiger partial charge on any atom is 0.299 e. The van der Waals surface area contributed by atoms with E-state index in [0.717, 1.165) is 0 Å². The molecule has 3 rings (SSSR count). The number of hydrogen-bond acceptors (Lipinski definition) is 5. The van der Waals surface area contributed by atoms with E-state index in [4.69, 9.17) is 9.47 Å². The predicted molar refractivity (Wildman–Crippen MR) is 81.5 cm³/mol. The molecule has 1 aromatic heterocycles. The molecule has 2 aromatic carbocycles. The van der Waals surface area contributed by atoms with Crippen molar-refractivity contribution in [1.29, 1.82) is 0 Å². The van der Waals surface area contributed by atoms with E-state index in [9.17, 15) is 10.1 Å². The number of ether oxygens (including phenoxy) is 2. The minimum Gasteiger partial charge on any atom is -0.493 e. The fourth-order valence-electron chi connectivity index (χ4n) is 2.19. The van der Waals surface area contributed by atoms with Gasteiger partial charge in [0.05, 0.1) is 23.5 Å². The molecule has 0 N–H and O–H groups in total. The summed E-state index contributed by atoms with van der Waals surface area (Å²) in [6.07, 6.45) is 1.51. The van der Waals surface area contributed by atoms with E-state index in [-0.39, 0.29) is 17.0 Å². The Hall–Kier alpha value is -3.15. The number of para-hydroxylation sites is 1. The number of nitro benzene ring substituents is 1. The molecule has 0 unspecified atom stereocenters. The predicted octanol–water partition coefficient (Wildman–Crippen LogP) is 3.94. The highest BCUT2D eigenvalue weighted by atomic mass is 16.6. The third kappa shape index (κ3) is 2.42. The van der Waals surface area contributed by atoms with Crippen LogP contribution in [0.25, 0.3) is 10.9 Å². The molecule has 0 saturated carbocycles. The molecule has 1 heterocycles. The molecule has 0 aliphatic carbocycles. The van der Waals surface area contributed by atoms with Crippen molar-refractivity contribution < 1.29 is 14.4 Å². The highest BCUT2D eigenvalue weighted by Crippen LogP contribution is 2.42. The van der Waals surface area contributed by atoms with Gasteiger partial charge in [-0.2, -0.15) is 0 Å². The van der Waals surface area contributed by atoms with E-state index in [2.05, 4.69) is 4.98 Å². The van der Waals surface area contributed by atoms with E-state index in [1.54, 1.807) is 24.3 Å². The zero-order valence-electron chi connectivity index (χ0n) is 11.7. The zero-order valence-corrected chi connectivity index (χ0v) is 11.7. The Morgan fingerprint density at radius 2 is 1.91 bits per heavy atom. The molecule has 0 amide bonds. The van der Waals surface area contributed by atoms with Gasteiger partial charge in [0.25, 0.3) is 5.69 Å². The van der Waals surface area contributed by atoms with Crippen molar-refractivity contribution in [1.82, 2.24) is 4.98 Å². The molecule has 0 aliphatic rings. The van der Waals surface area contributed by atoms with Crippen molar-refractivity contribution in [2.24, 2.45) is 0 Å². The lowest BCUT2D eigenvalue weighted by Gasteiger charge is -2.13.